The minimum atomic E-state index is -0.963. The molecule has 0 aliphatic carbocycles. The second kappa shape index (κ2) is 3.73. The lowest BCUT2D eigenvalue weighted by Gasteiger charge is -1.95. The van der Waals surface area contributed by atoms with Crippen molar-refractivity contribution in [3.05, 3.63) is 15.9 Å². The minimum Gasteiger partial charge on any atom is -0.479 e. The summed E-state index contributed by atoms with van der Waals surface area (Å²) in [5, 5.41) is 10.7. The molecular weight excluding hydrogens is 232 g/mol. The van der Waals surface area contributed by atoms with Gasteiger partial charge in [0.2, 0.25) is 0 Å². The molecule has 1 N–H and O–H groups in total. The third-order valence-electron chi connectivity index (χ3n) is 0.881. The van der Waals surface area contributed by atoms with E-state index in [1.165, 1.54) is 11.3 Å². The first kappa shape index (κ1) is 8.55. The maximum absolute atomic E-state index is 10.0. The third-order valence-corrected chi connectivity index (χ3v) is 2.48. The summed E-state index contributed by atoms with van der Waals surface area (Å²) in [6.07, 6.45) is 0. The fourth-order valence-corrected chi connectivity index (χ4v) is 1.76. The van der Waals surface area contributed by atoms with E-state index in [0.29, 0.717) is 5.06 Å². The Balaban J connectivity index is 2.45. The zero-order chi connectivity index (χ0) is 8.27. The van der Waals surface area contributed by atoms with Crippen molar-refractivity contribution in [2.75, 3.05) is 6.61 Å². The summed E-state index contributed by atoms with van der Waals surface area (Å²) in [6, 6.07) is 1.73. The van der Waals surface area contributed by atoms with E-state index >= 15 is 0 Å². The molecule has 3 nitrogen and oxygen atoms in total. The number of rotatable bonds is 3. The standard InChI is InChI=1S/C6H5BrO3S/c7-4-1-6(11-3-4)10-2-5(8)9/h1,3H,2H2,(H,8,9). The van der Waals surface area contributed by atoms with Crippen LogP contribution in [-0.4, -0.2) is 17.7 Å². The molecule has 5 heteroatoms. The average Bonchev–Trinajstić information content (AvgIpc) is 2.31. The molecule has 0 bridgehead atoms. The summed E-state index contributed by atoms with van der Waals surface area (Å²) in [5.41, 5.74) is 0. The summed E-state index contributed by atoms with van der Waals surface area (Å²) in [6.45, 7) is -0.285. The highest BCUT2D eigenvalue weighted by atomic mass is 79.9. The minimum absolute atomic E-state index is 0.285. The first-order valence-electron chi connectivity index (χ1n) is 2.77. The molecule has 1 rings (SSSR count). The largest absolute Gasteiger partial charge is 0.479 e. The maximum atomic E-state index is 10.0. The Bertz CT molecular complexity index is 258. The summed E-state index contributed by atoms with van der Waals surface area (Å²) in [4.78, 5) is 10.0. The van der Waals surface area contributed by atoms with Gasteiger partial charge in [0.05, 0.1) is 0 Å². The molecule has 0 atom stereocenters. The van der Waals surface area contributed by atoms with Gasteiger partial charge in [-0.2, -0.15) is 0 Å². The van der Waals surface area contributed by atoms with Gasteiger partial charge in [0, 0.05) is 15.9 Å². The lowest BCUT2D eigenvalue weighted by Crippen LogP contribution is -2.08. The predicted octanol–water partition coefficient (Wildman–Crippen LogP) is 1.97. The number of hydrogen-bond donors (Lipinski definition) is 1. The van der Waals surface area contributed by atoms with E-state index in [0.717, 1.165) is 4.47 Å². The maximum Gasteiger partial charge on any atom is 0.341 e. The van der Waals surface area contributed by atoms with Crippen LogP contribution in [0.1, 0.15) is 0 Å². The van der Waals surface area contributed by atoms with E-state index < -0.39 is 5.97 Å². The van der Waals surface area contributed by atoms with Gasteiger partial charge in [-0.15, -0.1) is 11.3 Å². The lowest BCUT2D eigenvalue weighted by atomic mass is 10.6. The van der Waals surface area contributed by atoms with Crippen LogP contribution in [0.15, 0.2) is 15.9 Å². The summed E-state index contributed by atoms with van der Waals surface area (Å²) >= 11 is 4.58. The van der Waals surface area contributed by atoms with Crippen LogP contribution in [0, 0.1) is 0 Å². The van der Waals surface area contributed by atoms with Crippen molar-refractivity contribution in [3.8, 4) is 5.06 Å². The quantitative estimate of drug-likeness (QED) is 0.874. The van der Waals surface area contributed by atoms with Crippen LogP contribution in [0.5, 0.6) is 5.06 Å². The van der Waals surface area contributed by atoms with Gasteiger partial charge < -0.3 is 9.84 Å². The highest BCUT2D eigenvalue weighted by molar-refractivity contribution is 9.10. The Morgan fingerprint density at radius 2 is 2.55 bits per heavy atom. The first-order chi connectivity index (χ1) is 5.18. The molecule has 0 amide bonds. The number of carbonyl (C=O) groups is 1. The van der Waals surface area contributed by atoms with E-state index in [1.807, 2.05) is 5.38 Å². The number of carboxylic acid groups (broad SMARTS) is 1. The van der Waals surface area contributed by atoms with Crippen molar-refractivity contribution in [1.82, 2.24) is 0 Å². The normalized spacial score (nSPS) is 9.55. The van der Waals surface area contributed by atoms with Gasteiger partial charge in [-0.3, -0.25) is 0 Å². The Hall–Kier alpha value is -0.550. The number of carboxylic acids is 1. The molecule has 1 heterocycles. The molecule has 0 aliphatic heterocycles. The molecular formula is C6H5BrO3S. The third kappa shape index (κ3) is 2.90. The van der Waals surface area contributed by atoms with Gasteiger partial charge in [0.15, 0.2) is 11.7 Å². The number of hydrogen-bond acceptors (Lipinski definition) is 3. The molecule has 0 fully saturated rings. The van der Waals surface area contributed by atoms with Crippen molar-refractivity contribution in [2.45, 2.75) is 0 Å². The van der Waals surface area contributed by atoms with E-state index in [2.05, 4.69) is 15.9 Å². The van der Waals surface area contributed by atoms with Crippen molar-refractivity contribution in [3.63, 3.8) is 0 Å². The van der Waals surface area contributed by atoms with Crippen molar-refractivity contribution in [1.29, 1.82) is 0 Å². The second-order valence-electron chi connectivity index (χ2n) is 1.77. The molecule has 0 unspecified atom stereocenters. The lowest BCUT2D eigenvalue weighted by molar-refractivity contribution is -0.139. The van der Waals surface area contributed by atoms with Gasteiger partial charge in [-0.1, -0.05) is 0 Å². The smallest absolute Gasteiger partial charge is 0.341 e. The highest BCUT2D eigenvalue weighted by Crippen LogP contribution is 2.26. The fourth-order valence-electron chi connectivity index (χ4n) is 0.504. The van der Waals surface area contributed by atoms with E-state index in [9.17, 15) is 4.79 Å². The SMILES string of the molecule is O=C(O)COc1cc(Br)cs1. The Morgan fingerprint density at radius 1 is 1.82 bits per heavy atom. The summed E-state index contributed by atoms with van der Waals surface area (Å²) < 4.78 is 5.78. The molecule has 60 valence electrons. The van der Waals surface area contributed by atoms with Crippen LogP contribution >= 0.6 is 27.3 Å². The van der Waals surface area contributed by atoms with Crippen molar-refractivity contribution < 1.29 is 14.6 Å². The number of halogens is 1. The predicted molar refractivity (Wildman–Crippen MR) is 45.1 cm³/mol. The Morgan fingerprint density at radius 3 is 3.00 bits per heavy atom. The zero-order valence-corrected chi connectivity index (χ0v) is 7.81. The fraction of sp³-hybridized carbons (Fsp3) is 0.167. The first-order valence-corrected chi connectivity index (χ1v) is 4.44. The van der Waals surface area contributed by atoms with Crippen LogP contribution in [0.2, 0.25) is 0 Å². The molecule has 0 spiro atoms. The number of aliphatic carboxylic acids is 1. The molecule has 11 heavy (non-hydrogen) atoms. The van der Waals surface area contributed by atoms with Gasteiger partial charge in [0.1, 0.15) is 0 Å². The van der Waals surface area contributed by atoms with Gasteiger partial charge in [-0.25, -0.2) is 4.79 Å². The Labute approximate surface area is 75.7 Å². The monoisotopic (exact) mass is 236 g/mol. The summed E-state index contributed by atoms with van der Waals surface area (Å²) in [5.74, 6) is -0.963. The van der Waals surface area contributed by atoms with E-state index in [1.54, 1.807) is 6.07 Å². The Kier molecular flexibility index (Phi) is 2.90. The van der Waals surface area contributed by atoms with Crippen LogP contribution in [-0.2, 0) is 4.79 Å². The molecule has 0 radical (unpaired) electrons. The van der Waals surface area contributed by atoms with Gasteiger partial charge in [-0.05, 0) is 15.9 Å². The van der Waals surface area contributed by atoms with Crippen LogP contribution < -0.4 is 4.74 Å². The molecule has 0 saturated heterocycles. The van der Waals surface area contributed by atoms with Crippen LogP contribution in [0.25, 0.3) is 0 Å². The molecule has 0 saturated carbocycles. The number of ether oxygens (including phenoxy) is 1. The molecule has 0 aromatic carbocycles. The van der Waals surface area contributed by atoms with E-state index in [4.69, 9.17) is 9.84 Å². The summed E-state index contributed by atoms with van der Waals surface area (Å²) in [7, 11) is 0. The molecule has 0 aliphatic rings. The second-order valence-corrected chi connectivity index (χ2v) is 3.56. The van der Waals surface area contributed by atoms with Gasteiger partial charge in [0.25, 0.3) is 0 Å². The van der Waals surface area contributed by atoms with Crippen molar-refractivity contribution >= 4 is 33.2 Å². The topological polar surface area (TPSA) is 46.5 Å². The molecule has 1 aromatic heterocycles. The number of thiophene rings is 1. The van der Waals surface area contributed by atoms with Gasteiger partial charge >= 0.3 is 5.97 Å². The van der Waals surface area contributed by atoms with E-state index in [-0.39, 0.29) is 6.61 Å². The zero-order valence-electron chi connectivity index (χ0n) is 5.41. The van der Waals surface area contributed by atoms with Crippen LogP contribution in [0.3, 0.4) is 0 Å². The highest BCUT2D eigenvalue weighted by Gasteiger charge is 2.00. The van der Waals surface area contributed by atoms with Crippen molar-refractivity contribution in [2.24, 2.45) is 0 Å². The molecule has 1 aromatic rings. The van der Waals surface area contributed by atoms with Crippen LogP contribution in [0.4, 0.5) is 0 Å². The average molecular weight is 237 g/mol.